The van der Waals surface area contributed by atoms with Crippen LogP contribution in [0.5, 0.6) is 0 Å². The Morgan fingerprint density at radius 3 is 2.63 bits per heavy atom. The molecule has 3 saturated carbocycles. The van der Waals surface area contributed by atoms with Crippen LogP contribution >= 0.6 is 0 Å². The summed E-state index contributed by atoms with van der Waals surface area (Å²) in [5.74, 6) is -0.472. The number of rotatable bonds is 3. The number of carbonyl (C=O) groups excluding carboxylic acids is 1. The van der Waals surface area contributed by atoms with Gasteiger partial charge in [-0.2, -0.15) is 0 Å². The zero-order valence-corrected chi connectivity index (χ0v) is 11.2. The Hall–Kier alpha value is -1.42. The Bertz CT molecular complexity index is 535. The summed E-state index contributed by atoms with van der Waals surface area (Å²) in [5.41, 5.74) is 7.14. The molecule has 3 aliphatic carbocycles. The van der Waals surface area contributed by atoms with Crippen LogP contribution in [0.2, 0.25) is 0 Å². The van der Waals surface area contributed by atoms with Crippen molar-refractivity contribution in [3.63, 3.8) is 0 Å². The Morgan fingerprint density at radius 2 is 2.05 bits per heavy atom. The Kier molecular flexibility index (Phi) is 2.52. The van der Waals surface area contributed by atoms with E-state index in [4.69, 9.17) is 10.5 Å². The van der Waals surface area contributed by atoms with Crippen molar-refractivity contribution in [1.29, 1.82) is 0 Å². The zero-order chi connectivity index (χ0) is 13.8. The second-order valence-electron chi connectivity index (χ2n) is 6.11. The molecule has 19 heavy (non-hydrogen) atoms. The van der Waals surface area contributed by atoms with Crippen LogP contribution in [0.1, 0.15) is 30.4 Å². The predicted molar refractivity (Wildman–Crippen MR) is 69.1 cm³/mol. The minimum absolute atomic E-state index is 0.0955. The van der Waals surface area contributed by atoms with Crippen molar-refractivity contribution in [2.45, 2.75) is 37.6 Å². The fourth-order valence-corrected chi connectivity index (χ4v) is 3.92. The third-order valence-electron chi connectivity index (χ3n) is 4.95. The summed E-state index contributed by atoms with van der Waals surface area (Å²) in [6, 6.07) is 4.95. The first-order valence-corrected chi connectivity index (χ1v) is 6.53. The number of nitrogens with two attached hydrogens (primary N) is 1. The molecule has 1 unspecified atom stereocenters. The average molecular weight is 263 g/mol. The van der Waals surface area contributed by atoms with Gasteiger partial charge < -0.3 is 10.5 Å². The van der Waals surface area contributed by atoms with E-state index in [1.165, 1.54) is 7.11 Å². The topological polar surface area (TPSA) is 52.3 Å². The van der Waals surface area contributed by atoms with Gasteiger partial charge in [-0.1, -0.05) is 18.2 Å². The van der Waals surface area contributed by atoms with Crippen molar-refractivity contribution in [3.8, 4) is 0 Å². The van der Waals surface area contributed by atoms with E-state index in [0.29, 0.717) is 5.56 Å². The monoisotopic (exact) mass is 263 g/mol. The highest BCUT2D eigenvalue weighted by molar-refractivity contribution is 5.77. The van der Waals surface area contributed by atoms with Gasteiger partial charge in [0.15, 0.2) is 0 Å². The summed E-state index contributed by atoms with van der Waals surface area (Å²) in [4.78, 5) is 11.5. The summed E-state index contributed by atoms with van der Waals surface area (Å²) in [5, 5.41) is 0. The summed E-state index contributed by atoms with van der Waals surface area (Å²) >= 11 is 0. The number of benzene rings is 1. The van der Waals surface area contributed by atoms with E-state index in [1.54, 1.807) is 13.0 Å². The van der Waals surface area contributed by atoms with Crippen LogP contribution in [0.25, 0.3) is 0 Å². The molecule has 0 saturated heterocycles. The van der Waals surface area contributed by atoms with Crippen LogP contribution in [-0.4, -0.2) is 19.1 Å². The van der Waals surface area contributed by atoms with Gasteiger partial charge in [-0.3, -0.25) is 4.79 Å². The second kappa shape index (κ2) is 3.79. The van der Waals surface area contributed by atoms with Crippen molar-refractivity contribution < 1.29 is 13.9 Å². The van der Waals surface area contributed by atoms with Crippen molar-refractivity contribution in [2.24, 2.45) is 11.1 Å². The largest absolute Gasteiger partial charge is 0.468 e. The standard InChI is InChI=1S/C15H18FNO2/c1-9-4-3-5-10(11(9)16)14-6-15(7-14,8-14)12(17)13(18)19-2/h3-5,12H,6-8,17H2,1-2H3. The van der Waals surface area contributed by atoms with Gasteiger partial charge in [-0.05, 0) is 42.7 Å². The zero-order valence-electron chi connectivity index (χ0n) is 11.2. The van der Waals surface area contributed by atoms with Crippen molar-refractivity contribution in [1.82, 2.24) is 0 Å². The van der Waals surface area contributed by atoms with Crippen LogP contribution in [0.15, 0.2) is 18.2 Å². The molecule has 3 aliphatic rings. The quantitative estimate of drug-likeness (QED) is 0.849. The first kappa shape index (κ1) is 12.6. The summed E-state index contributed by atoms with van der Waals surface area (Å²) in [6.45, 7) is 1.78. The maximum Gasteiger partial charge on any atom is 0.323 e. The number of esters is 1. The maximum absolute atomic E-state index is 14.2. The third kappa shape index (κ3) is 1.49. The lowest BCUT2D eigenvalue weighted by molar-refractivity contribution is -0.181. The molecule has 1 atom stereocenters. The first-order valence-electron chi connectivity index (χ1n) is 6.53. The minimum Gasteiger partial charge on any atom is -0.468 e. The van der Waals surface area contributed by atoms with Crippen molar-refractivity contribution in [2.75, 3.05) is 7.11 Å². The normalized spacial score (nSPS) is 33.1. The van der Waals surface area contributed by atoms with Gasteiger partial charge in [-0.25, -0.2) is 4.39 Å². The molecular formula is C15H18FNO2. The van der Waals surface area contributed by atoms with E-state index in [-0.39, 0.29) is 22.6 Å². The summed E-state index contributed by atoms with van der Waals surface area (Å²) in [6.07, 6.45) is 2.37. The van der Waals surface area contributed by atoms with Crippen LogP contribution in [0, 0.1) is 18.2 Å². The van der Waals surface area contributed by atoms with Crippen molar-refractivity contribution in [3.05, 3.63) is 35.1 Å². The molecule has 0 spiro atoms. The highest BCUT2D eigenvalue weighted by Gasteiger charge is 2.72. The molecule has 2 bridgehead atoms. The van der Waals surface area contributed by atoms with Gasteiger partial charge in [0.05, 0.1) is 7.11 Å². The fourth-order valence-electron chi connectivity index (χ4n) is 3.92. The Morgan fingerprint density at radius 1 is 1.42 bits per heavy atom. The third-order valence-corrected chi connectivity index (χ3v) is 4.95. The van der Waals surface area contributed by atoms with Gasteiger partial charge in [0, 0.05) is 5.41 Å². The van der Waals surface area contributed by atoms with Crippen LogP contribution in [0.4, 0.5) is 4.39 Å². The SMILES string of the molecule is COC(=O)C(N)C12CC(c3cccc(C)c3F)(C1)C2. The highest BCUT2D eigenvalue weighted by atomic mass is 19.1. The lowest BCUT2D eigenvalue weighted by Gasteiger charge is -2.72. The Labute approximate surface area is 111 Å². The lowest BCUT2D eigenvalue weighted by Crippen LogP contribution is -2.72. The minimum atomic E-state index is -0.577. The highest BCUT2D eigenvalue weighted by Crippen LogP contribution is 2.75. The van der Waals surface area contributed by atoms with Gasteiger partial charge in [0.25, 0.3) is 0 Å². The molecule has 102 valence electrons. The number of ether oxygens (including phenoxy) is 1. The molecular weight excluding hydrogens is 245 g/mol. The molecule has 2 N–H and O–H groups in total. The van der Waals surface area contributed by atoms with Crippen molar-refractivity contribution >= 4 is 5.97 Å². The molecule has 3 nitrogen and oxygen atoms in total. The fraction of sp³-hybridized carbons (Fsp3) is 0.533. The molecule has 0 aromatic heterocycles. The summed E-state index contributed by atoms with van der Waals surface area (Å²) in [7, 11) is 1.35. The molecule has 0 radical (unpaired) electrons. The molecule has 1 aromatic carbocycles. The molecule has 4 heteroatoms. The average Bonchev–Trinajstić information content (AvgIpc) is 2.30. The van der Waals surface area contributed by atoms with Gasteiger partial charge >= 0.3 is 5.97 Å². The maximum atomic E-state index is 14.2. The molecule has 0 aliphatic heterocycles. The van der Waals surface area contributed by atoms with E-state index in [1.807, 2.05) is 12.1 Å². The van der Waals surface area contributed by atoms with Crippen LogP contribution in [0.3, 0.4) is 0 Å². The van der Waals surface area contributed by atoms with E-state index in [2.05, 4.69) is 0 Å². The number of hydrogen-bond donors (Lipinski definition) is 1. The van der Waals surface area contributed by atoms with Gasteiger partial charge in [-0.15, -0.1) is 0 Å². The first-order chi connectivity index (χ1) is 8.94. The molecule has 4 rings (SSSR count). The van der Waals surface area contributed by atoms with E-state index < -0.39 is 6.04 Å². The number of hydrogen-bond acceptors (Lipinski definition) is 3. The number of aryl methyl sites for hydroxylation is 1. The van der Waals surface area contributed by atoms with Crippen LogP contribution in [-0.2, 0) is 14.9 Å². The molecule has 0 heterocycles. The van der Waals surface area contributed by atoms with E-state index >= 15 is 0 Å². The van der Waals surface area contributed by atoms with Gasteiger partial charge in [0.2, 0.25) is 0 Å². The molecule has 1 aromatic rings. The number of halogens is 1. The Balaban J connectivity index is 1.80. The molecule has 3 fully saturated rings. The summed E-state index contributed by atoms with van der Waals surface area (Å²) < 4.78 is 18.9. The number of methoxy groups -OCH3 is 1. The lowest BCUT2D eigenvalue weighted by atomic mass is 9.31. The smallest absolute Gasteiger partial charge is 0.323 e. The predicted octanol–water partition coefficient (Wildman–Crippen LogP) is 2.06. The second-order valence-corrected chi connectivity index (χ2v) is 6.11. The van der Waals surface area contributed by atoms with Gasteiger partial charge in [0.1, 0.15) is 11.9 Å². The molecule has 0 amide bonds. The number of carbonyl (C=O) groups is 1. The van der Waals surface area contributed by atoms with E-state index in [9.17, 15) is 9.18 Å². The van der Waals surface area contributed by atoms with Crippen LogP contribution < -0.4 is 5.73 Å². The van der Waals surface area contributed by atoms with E-state index in [0.717, 1.165) is 24.8 Å².